The topological polar surface area (TPSA) is 84.0 Å². The first kappa shape index (κ1) is 90.8. The lowest BCUT2D eigenvalue weighted by Crippen LogP contribution is -2.46. The van der Waals surface area contributed by atoms with Crippen molar-refractivity contribution in [3.05, 3.63) is 0 Å². The molecule has 0 aromatic heterocycles. The number of rotatable bonds is 1. The van der Waals surface area contributed by atoms with Gasteiger partial charge in [-0.25, -0.2) is 16.8 Å². The van der Waals surface area contributed by atoms with Gasteiger partial charge in [-0.15, -0.1) is 0 Å². The Morgan fingerprint density at radius 3 is 0.989 bits per heavy atom. The predicted octanol–water partition coefficient (Wildman–Crippen LogP) is 24.2. The second-order valence-corrected chi connectivity index (χ2v) is 48.1. The summed E-state index contributed by atoms with van der Waals surface area (Å²) in [7, 11) is -5.82. The van der Waals surface area contributed by atoms with E-state index in [1.54, 1.807) is 0 Å². The van der Waals surface area contributed by atoms with Crippen molar-refractivity contribution in [1.82, 2.24) is 9.80 Å². The minimum atomic E-state index is -2.91. The molecule has 6 aliphatic rings. The number of likely N-dealkylation sites (tertiary alicyclic amines) is 1. The highest BCUT2D eigenvalue weighted by molar-refractivity contribution is 7.92. The summed E-state index contributed by atoms with van der Waals surface area (Å²) in [6, 6.07) is 0.720. The van der Waals surface area contributed by atoms with Gasteiger partial charge in [-0.1, -0.05) is 227 Å². The molecule has 0 bridgehead atoms. The van der Waals surface area contributed by atoms with Crippen LogP contribution in [-0.2, 0) is 24.4 Å². The Morgan fingerprint density at radius 2 is 0.645 bits per heavy atom. The zero-order chi connectivity index (χ0) is 72.8. The van der Waals surface area contributed by atoms with Gasteiger partial charge in [0, 0.05) is 31.2 Å². The van der Waals surface area contributed by atoms with E-state index < -0.39 is 19.7 Å². The molecule has 4 saturated heterocycles. The average Bonchev–Trinajstić information content (AvgIpc) is 1.78. The Labute approximate surface area is 586 Å². The van der Waals surface area contributed by atoms with Crippen LogP contribution in [0, 0.1) is 101 Å². The van der Waals surface area contributed by atoms with E-state index in [1.165, 1.54) is 96.6 Å². The van der Waals surface area contributed by atoms with Crippen molar-refractivity contribution in [2.45, 2.75) is 386 Å². The van der Waals surface area contributed by atoms with Gasteiger partial charge in [-0.05, 0) is 245 Å². The molecular weight excluding hydrogens is 1180 g/mol. The molecule has 4 heterocycles. The normalized spacial score (nSPS) is 29.2. The number of ether oxygens (including phenoxy) is 1. The maximum atomic E-state index is 12.3. The average molecular weight is 1350 g/mol. The maximum absolute atomic E-state index is 12.3. The van der Waals surface area contributed by atoms with Crippen LogP contribution in [0.3, 0.4) is 0 Å². The van der Waals surface area contributed by atoms with Crippen LogP contribution in [0.4, 0.5) is 0 Å². The molecule has 4 aliphatic heterocycles. The van der Waals surface area contributed by atoms with E-state index in [2.05, 4.69) is 231 Å². The summed E-state index contributed by atoms with van der Waals surface area (Å²) in [5, 5.41) is -0.343. The van der Waals surface area contributed by atoms with E-state index in [0.29, 0.717) is 61.7 Å². The molecule has 2 saturated carbocycles. The van der Waals surface area contributed by atoms with Crippen LogP contribution in [0.2, 0.25) is 0 Å². The molecule has 6 fully saturated rings. The molecule has 0 radical (unpaired) electrons. The second-order valence-electron chi connectivity index (χ2n) is 43.5. The van der Waals surface area contributed by atoms with Gasteiger partial charge in [0.25, 0.3) is 0 Å². The van der Waals surface area contributed by atoms with E-state index in [-0.39, 0.29) is 37.7 Å². The molecular formula is C84H170N2O5S2. The van der Waals surface area contributed by atoms with Gasteiger partial charge in [-0.2, -0.15) is 0 Å². The molecule has 93 heavy (non-hydrogen) atoms. The van der Waals surface area contributed by atoms with E-state index in [0.717, 1.165) is 100 Å². The molecule has 0 amide bonds. The quantitative estimate of drug-likeness (QED) is 0.242. The van der Waals surface area contributed by atoms with Crippen molar-refractivity contribution in [2.24, 2.45) is 101 Å². The number of hydrogen-bond donors (Lipinski definition) is 0. The van der Waals surface area contributed by atoms with Crippen LogP contribution in [0.1, 0.15) is 364 Å². The largest absolute Gasteiger partial charge is 0.380 e. The Bertz CT molecular complexity index is 2170. The first-order valence-corrected chi connectivity index (χ1v) is 42.4. The fourth-order valence-electron chi connectivity index (χ4n) is 16.2. The van der Waals surface area contributed by atoms with Crippen molar-refractivity contribution in [3.63, 3.8) is 0 Å². The molecule has 6 rings (SSSR count). The van der Waals surface area contributed by atoms with Gasteiger partial charge >= 0.3 is 0 Å². The molecule has 2 aliphatic carbocycles. The lowest BCUT2D eigenvalue weighted by atomic mass is 9.73. The molecule has 9 heteroatoms. The maximum Gasteiger partial charge on any atom is 0.153 e. The fourth-order valence-corrected chi connectivity index (χ4v) is 21.1. The third kappa shape index (κ3) is 33.9. The molecule has 0 aromatic carbocycles. The Hall–Kier alpha value is -0.220. The fraction of sp³-hybridized carbons (Fsp3) is 1.00. The third-order valence-corrected chi connectivity index (χ3v) is 29.4. The van der Waals surface area contributed by atoms with Crippen LogP contribution < -0.4 is 0 Å². The van der Waals surface area contributed by atoms with Crippen LogP contribution in [0.15, 0.2) is 0 Å². The highest BCUT2D eigenvalue weighted by Crippen LogP contribution is 2.47. The number of nitrogens with zero attached hydrogens (tertiary/aromatic N) is 2. The minimum Gasteiger partial charge on any atom is -0.380 e. The summed E-state index contributed by atoms with van der Waals surface area (Å²) in [6.45, 7) is 86.9. The van der Waals surface area contributed by atoms with Crippen LogP contribution in [0.5, 0.6) is 0 Å². The van der Waals surface area contributed by atoms with Crippen LogP contribution in [-0.4, -0.2) is 99.6 Å². The Balaban J connectivity index is 0.000000559. The molecule has 558 valence electrons. The van der Waals surface area contributed by atoms with Gasteiger partial charge < -0.3 is 9.64 Å². The van der Waals surface area contributed by atoms with E-state index >= 15 is 0 Å². The minimum absolute atomic E-state index is 0.133. The number of sulfone groups is 2. The molecule has 10 unspecified atom stereocenters. The van der Waals surface area contributed by atoms with Gasteiger partial charge in [0.05, 0.1) is 35.2 Å². The second kappa shape index (κ2) is 36.1. The van der Waals surface area contributed by atoms with Gasteiger partial charge in [0.1, 0.15) is 0 Å². The molecule has 0 spiro atoms. The summed E-state index contributed by atoms with van der Waals surface area (Å²) in [4.78, 5) is 5.21. The summed E-state index contributed by atoms with van der Waals surface area (Å²) < 4.78 is 55.0. The van der Waals surface area contributed by atoms with Crippen molar-refractivity contribution in [3.8, 4) is 0 Å². The zero-order valence-electron chi connectivity index (χ0n) is 69.7. The monoisotopic (exact) mass is 1350 g/mol. The predicted molar refractivity (Wildman–Crippen MR) is 414 cm³/mol. The molecule has 7 nitrogen and oxygen atoms in total. The van der Waals surface area contributed by atoms with Gasteiger partial charge in [0.2, 0.25) is 0 Å². The lowest BCUT2D eigenvalue weighted by molar-refractivity contribution is 0.0740. The Morgan fingerprint density at radius 1 is 0.312 bits per heavy atom. The van der Waals surface area contributed by atoms with Crippen molar-refractivity contribution in [2.75, 3.05) is 50.9 Å². The van der Waals surface area contributed by atoms with Gasteiger partial charge in [0.15, 0.2) is 19.7 Å². The van der Waals surface area contributed by atoms with E-state index in [9.17, 15) is 16.8 Å². The first-order chi connectivity index (χ1) is 41.4. The standard InChI is InChI=1S/2C15H30.2C14H28O2S.C13H27NO.C13H27N/c2*1-14(2,3)12-8-7-9-13(11-10-12)15(4,5)6;1-13(2,3)11-7-8-12(14(4,5)6)17(15,16)10-9-11;1-13(2,3)11-8-7-9-17(15,16)12(10-11)14(4,5)6;1-12(2,3)11-9-14(13(4,5)6)7-8-15-10-11;1-11(2)14-9-7-6-8-12(10-14)13(3,4)5/h2*12-13H,7-11H2,1-6H3;2*11-12H,7-10H2,1-6H3;11H,7-10H2,1-6H3;11-12H,6-10H2,1-5H3. The summed E-state index contributed by atoms with van der Waals surface area (Å²) >= 11 is 0. The Kier molecular flexibility index (Phi) is 35.2. The number of hydrogen-bond acceptors (Lipinski definition) is 7. The summed E-state index contributed by atoms with van der Waals surface area (Å²) in [5.41, 5.74) is 3.32. The smallest absolute Gasteiger partial charge is 0.153 e. The zero-order valence-corrected chi connectivity index (χ0v) is 71.3. The third-order valence-electron chi connectivity index (χ3n) is 24.2. The van der Waals surface area contributed by atoms with E-state index in [4.69, 9.17) is 4.74 Å². The lowest BCUT2D eigenvalue weighted by Gasteiger charge is -2.39. The molecule has 10 atom stereocenters. The first-order valence-electron chi connectivity index (χ1n) is 38.9. The summed E-state index contributed by atoms with van der Waals surface area (Å²) in [6.07, 6.45) is 24.2. The van der Waals surface area contributed by atoms with E-state index in [1.807, 2.05) is 20.8 Å². The van der Waals surface area contributed by atoms with Crippen molar-refractivity contribution in [1.29, 1.82) is 0 Å². The summed E-state index contributed by atoms with van der Waals surface area (Å²) in [5.74, 6) is 7.11. The molecule has 0 N–H and O–H groups in total. The van der Waals surface area contributed by atoms with Crippen LogP contribution in [0.25, 0.3) is 0 Å². The van der Waals surface area contributed by atoms with Crippen LogP contribution >= 0.6 is 0 Å². The van der Waals surface area contributed by atoms with Gasteiger partial charge in [-0.3, -0.25) is 4.90 Å². The molecule has 0 aromatic rings. The van der Waals surface area contributed by atoms with Crippen molar-refractivity contribution >= 4 is 19.7 Å². The highest BCUT2D eigenvalue weighted by atomic mass is 32.2. The highest BCUT2D eigenvalue weighted by Gasteiger charge is 2.44. The van der Waals surface area contributed by atoms with Crippen molar-refractivity contribution < 1.29 is 21.6 Å². The SMILES string of the molecule is CC(C)(C)C1CCC(C(C)(C)C)S(=O)(=O)CC1.CC(C)(C)C1CCCC(C(C)(C)C)CC1.CC(C)(C)C1CCCC(C(C)(C)C)CC1.CC(C)(C)C1CCCS(=O)(=O)C(C(C)(C)C)C1.CC(C)(C)C1COCCN(C(C)(C)C)C1.CC(C)N1CCCCC(C(C)(C)C)C1.